The molecule has 0 radical (unpaired) electrons. The molecule has 2 aromatic heterocycles. The van der Waals surface area contributed by atoms with E-state index in [-0.39, 0.29) is 18.2 Å². The highest BCUT2D eigenvalue weighted by molar-refractivity contribution is 9.10. The summed E-state index contributed by atoms with van der Waals surface area (Å²) in [6, 6.07) is 5.48. The molecule has 0 atom stereocenters. The molecular formula is C16H16BrNO4. The minimum Gasteiger partial charge on any atom is -0.451 e. The van der Waals surface area contributed by atoms with Crippen molar-refractivity contribution >= 4 is 27.7 Å². The van der Waals surface area contributed by atoms with Crippen molar-refractivity contribution in [1.82, 2.24) is 4.57 Å². The van der Waals surface area contributed by atoms with E-state index in [1.807, 2.05) is 19.9 Å². The van der Waals surface area contributed by atoms with Gasteiger partial charge in [-0.2, -0.15) is 0 Å². The smallest absolute Gasteiger partial charge is 0.374 e. The fraction of sp³-hybridized carbons (Fsp3) is 0.375. The van der Waals surface area contributed by atoms with E-state index in [9.17, 15) is 9.59 Å². The molecule has 1 fully saturated rings. The number of aryl methyl sites for hydroxylation is 1. The standard InChI is InChI=1S/C16H16BrNO4/c1-9-7-12(10(2)18(9)11-3-4-11)13(19)8-21-16(20)14-5-6-15(17)22-14/h5-7,11H,3-4,8H2,1-2H3. The maximum absolute atomic E-state index is 12.3. The van der Waals surface area contributed by atoms with Gasteiger partial charge in [-0.25, -0.2) is 4.79 Å². The van der Waals surface area contributed by atoms with Gasteiger partial charge in [-0.1, -0.05) is 0 Å². The summed E-state index contributed by atoms with van der Waals surface area (Å²) in [6.07, 6.45) is 2.32. The third-order valence-corrected chi connectivity index (χ3v) is 4.23. The van der Waals surface area contributed by atoms with Crippen LogP contribution in [0.5, 0.6) is 0 Å². The maximum Gasteiger partial charge on any atom is 0.374 e. The zero-order valence-electron chi connectivity index (χ0n) is 12.4. The van der Waals surface area contributed by atoms with Crippen molar-refractivity contribution in [3.8, 4) is 0 Å². The van der Waals surface area contributed by atoms with Crippen molar-refractivity contribution in [2.45, 2.75) is 32.7 Å². The Morgan fingerprint density at radius 3 is 2.68 bits per heavy atom. The van der Waals surface area contributed by atoms with Crippen LogP contribution in [0.1, 0.15) is 51.2 Å². The van der Waals surface area contributed by atoms with E-state index < -0.39 is 5.97 Å². The third-order valence-electron chi connectivity index (χ3n) is 3.81. The summed E-state index contributed by atoms with van der Waals surface area (Å²) in [4.78, 5) is 24.1. The molecule has 1 aliphatic carbocycles. The fourth-order valence-corrected chi connectivity index (χ4v) is 2.96. The Morgan fingerprint density at radius 1 is 1.36 bits per heavy atom. The van der Waals surface area contributed by atoms with Crippen molar-refractivity contribution < 1.29 is 18.7 Å². The number of ether oxygens (including phenoxy) is 1. The van der Waals surface area contributed by atoms with Crippen LogP contribution in [-0.2, 0) is 4.74 Å². The minimum absolute atomic E-state index is 0.0723. The van der Waals surface area contributed by atoms with Crippen LogP contribution in [0.4, 0.5) is 0 Å². The SMILES string of the molecule is Cc1cc(C(=O)COC(=O)c2ccc(Br)o2)c(C)n1C1CC1. The summed E-state index contributed by atoms with van der Waals surface area (Å²) in [5.74, 6) is -0.767. The van der Waals surface area contributed by atoms with Crippen molar-refractivity contribution in [1.29, 1.82) is 0 Å². The van der Waals surface area contributed by atoms with Gasteiger partial charge in [0.2, 0.25) is 11.5 Å². The van der Waals surface area contributed by atoms with Crippen LogP contribution in [-0.4, -0.2) is 22.9 Å². The van der Waals surface area contributed by atoms with E-state index in [1.165, 1.54) is 6.07 Å². The number of rotatable bonds is 5. The number of hydrogen-bond acceptors (Lipinski definition) is 4. The van der Waals surface area contributed by atoms with Crippen LogP contribution in [0.2, 0.25) is 0 Å². The first-order valence-corrected chi connectivity index (χ1v) is 7.90. The molecule has 6 heteroatoms. The number of nitrogens with zero attached hydrogens (tertiary/aromatic N) is 1. The number of esters is 1. The monoisotopic (exact) mass is 365 g/mol. The summed E-state index contributed by atoms with van der Waals surface area (Å²) >= 11 is 3.11. The lowest BCUT2D eigenvalue weighted by Gasteiger charge is -2.07. The van der Waals surface area contributed by atoms with E-state index in [0.29, 0.717) is 16.3 Å². The number of carbonyl (C=O) groups is 2. The van der Waals surface area contributed by atoms with Crippen molar-refractivity contribution in [2.75, 3.05) is 6.61 Å². The minimum atomic E-state index is -0.643. The van der Waals surface area contributed by atoms with Crippen molar-refractivity contribution in [3.05, 3.63) is 45.6 Å². The Morgan fingerprint density at radius 2 is 2.09 bits per heavy atom. The van der Waals surface area contributed by atoms with Gasteiger partial charge in [-0.3, -0.25) is 4.79 Å². The Hall–Kier alpha value is -1.82. The quantitative estimate of drug-likeness (QED) is 0.596. The van der Waals surface area contributed by atoms with Gasteiger partial charge in [0.15, 0.2) is 11.3 Å². The number of Topliss-reactive ketones (excluding diaryl/α,β-unsaturated/α-hetero) is 1. The molecule has 0 aromatic carbocycles. The van der Waals surface area contributed by atoms with Crippen LogP contribution in [0, 0.1) is 13.8 Å². The molecule has 0 bridgehead atoms. The summed E-state index contributed by atoms with van der Waals surface area (Å²) in [6.45, 7) is 3.64. The average Bonchev–Trinajstić information content (AvgIpc) is 3.14. The first kappa shape index (κ1) is 15.1. The summed E-state index contributed by atoms with van der Waals surface area (Å²) < 4.78 is 12.8. The average molecular weight is 366 g/mol. The molecule has 22 heavy (non-hydrogen) atoms. The molecule has 0 saturated heterocycles. The molecule has 2 heterocycles. The number of carbonyl (C=O) groups excluding carboxylic acids is 2. The molecular weight excluding hydrogens is 350 g/mol. The van der Waals surface area contributed by atoms with Crippen molar-refractivity contribution in [3.63, 3.8) is 0 Å². The number of furan rings is 1. The Balaban J connectivity index is 1.67. The molecule has 0 amide bonds. The lowest BCUT2D eigenvalue weighted by Crippen LogP contribution is -2.14. The fourth-order valence-electron chi connectivity index (χ4n) is 2.66. The molecule has 3 rings (SSSR count). The largest absolute Gasteiger partial charge is 0.451 e. The lowest BCUT2D eigenvalue weighted by molar-refractivity contribution is 0.0442. The molecule has 2 aromatic rings. The maximum atomic E-state index is 12.3. The Labute approximate surface area is 136 Å². The van der Waals surface area contributed by atoms with E-state index in [1.54, 1.807) is 6.07 Å². The third kappa shape index (κ3) is 2.88. The van der Waals surface area contributed by atoms with Gasteiger partial charge in [-0.05, 0) is 60.8 Å². The predicted octanol–water partition coefficient (Wildman–Crippen LogP) is 3.84. The van der Waals surface area contributed by atoms with Crippen LogP contribution in [0.15, 0.2) is 27.3 Å². The molecule has 5 nitrogen and oxygen atoms in total. The Bertz CT molecular complexity index is 739. The van der Waals surface area contributed by atoms with Crippen LogP contribution in [0.25, 0.3) is 0 Å². The second-order valence-electron chi connectivity index (χ2n) is 5.49. The molecule has 1 saturated carbocycles. The van der Waals surface area contributed by atoms with E-state index in [2.05, 4.69) is 20.5 Å². The Kier molecular flexibility index (Phi) is 3.95. The number of hydrogen-bond donors (Lipinski definition) is 0. The normalized spacial score (nSPS) is 14.1. The van der Waals surface area contributed by atoms with E-state index in [4.69, 9.17) is 9.15 Å². The van der Waals surface area contributed by atoms with Gasteiger partial charge < -0.3 is 13.7 Å². The highest BCUT2D eigenvalue weighted by Crippen LogP contribution is 2.38. The van der Waals surface area contributed by atoms with E-state index >= 15 is 0 Å². The summed E-state index contributed by atoms with van der Waals surface area (Å²) in [7, 11) is 0. The molecule has 0 N–H and O–H groups in total. The van der Waals surface area contributed by atoms with Crippen LogP contribution in [0.3, 0.4) is 0 Å². The van der Waals surface area contributed by atoms with Gasteiger partial charge in [0.05, 0.1) is 0 Å². The second kappa shape index (κ2) is 5.76. The molecule has 0 aliphatic heterocycles. The van der Waals surface area contributed by atoms with Gasteiger partial charge in [-0.15, -0.1) is 0 Å². The topological polar surface area (TPSA) is 61.4 Å². The first-order chi connectivity index (χ1) is 10.5. The highest BCUT2D eigenvalue weighted by atomic mass is 79.9. The predicted molar refractivity (Wildman–Crippen MR) is 83.2 cm³/mol. The van der Waals surface area contributed by atoms with Gasteiger partial charge in [0, 0.05) is 23.0 Å². The van der Waals surface area contributed by atoms with Gasteiger partial charge in [0.1, 0.15) is 0 Å². The lowest BCUT2D eigenvalue weighted by atomic mass is 10.1. The zero-order valence-corrected chi connectivity index (χ0v) is 14.0. The highest BCUT2D eigenvalue weighted by Gasteiger charge is 2.28. The number of ketones is 1. The van der Waals surface area contributed by atoms with Crippen molar-refractivity contribution in [2.24, 2.45) is 0 Å². The zero-order chi connectivity index (χ0) is 15.9. The van der Waals surface area contributed by atoms with Gasteiger partial charge in [0.25, 0.3) is 0 Å². The number of aromatic nitrogens is 1. The van der Waals surface area contributed by atoms with Crippen LogP contribution < -0.4 is 0 Å². The summed E-state index contributed by atoms with van der Waals surface area (Å²) in [5, 5.41) is 0. The summed E-state index contributed by atoms with van der Waals surface area (Å²) in [5.41, 5.74) is 2.64. The van der Waals surface area contributed by atoms with E-state index in [0.717, 1.165) is 24.2 Å². The van der Waals surface area contributed by atoms with Crippen LogP contribution >= 0.6 is 15.9 Å². The second-order valence-corrected chi connectivity index (χ2v) is 6.27. The van der Waals surface area contributed by atoms with Gasteiger partial charge >= 0.3 is 5.97 Å². The molecule has 1 aliphatic rings. The molecule has 0 unspecified atom stereocenters. The molecule has 116 valence electrons. The molecule has 0 spiro atoms. The first-order valence-electron chi connectivity index (χ1n) is 7.11. The number of halogens is 1.